The molecule has 0 aliphatic rings. The van der Waals surface area contributed by atoms with Crippen molar-refractivity contribution in [1.82, 2.24) is 4.90 Å². The Kier molecular flexibility index (Phi) is 7.08. The van der Waals surface area contributed by atoms with E-state index in [9.17, 15) is 0 Å². The van der Waals surface area contributed by atoms with Gasteiger partial charge in [-0.15, -0.1) is 0 Å². The average molecular weight is 287 g/mol. The first-order valence-electron chi connectivity index (χ1n) is 6.25. The molecule has 2 unspecified atom stereocenters. The lowest BCUT2D eigenvalue weighted by Crippen LogP contribution is -2.33. The average Bonchev–Trinajstić information content (AvgIpc) is 2.36. The van der Waals surface area contributed by atoms with Crippen LogP contribution >= 0.6 is 23.4 Å². The molecule has 0 radical (unpaired) electrons. The van der Waals surface area contributed by atoms with Crippen LogP contribution in [-0.2, 0) is 0 Å². The zero-order valence-electron chi connectivity index (χ0n) is 11.4. The van der Waals surface area contributed by atoms with Gasteiger partial charge in [0.15, 0.2) is 0 Å². The molecule has 0 spiro atoms. The molecule has 0 aliphatic heterocycles. The fourth-order valence-corrected chi connectivity index (χ4v) is 2.88. The van der Waals surface area contributed by atoms with Crippen LogP contribution in [0.3, 0.4) is 0 Å². The van der Waals surface area contributed by atoms with Crippen molar-refractivity contribution in [2.24, 2.45) is 5.73 Å². The number of nitrogens with two attached hydrogens (primary N) is 1. The van der Waals surface area contributed by atoms with Crippen LogP contribution in [0.4, 0.5) is 0 Å². The first-order chi connectivity index (χ1) is 8.56. The summed E-state index contributed by atoms with van der Waals surface area (Å²) < 4.78 is 0. The minimum Gasteiger partial charge on any atom is -0.324 e. The minimum absolute atomic E-state index is 0.0163. The van der Waals surface area contributed by atoms with Gasteiger partial charge < -0.3 is 10.6 Å². The molecule has 0 bridgehead atoms. The second kappa shape index (κ2) is 8.05. The maximum atomic E-state index is 6.20. The molecule has 2 nitrogen and oxygen atoms in total. The van der Waals surface area contributed by atoms with Gasteiger partial charge in [0.2, 0.25) is 0 Å². The Labute approximate surface area is 120 Å². The van der Waals surface area contributed by atoms with E-state index in [1.165, 1.54) is 0 Å². The predicted molar refractivity (Wildman–Crippen MR) is 83.5 cm³/mol. The van der Waals surface area contributed by atoms with Crippen molar-refractivity contribution in [1.29, 1.82) is 0 Å². The molecule has 18 heavy (non-hydrogen) atoms. The van der Waals surface area contributed by atoms with Crippen LogP contribution in [0.2, 0.25) is 5.02 Å². The molecule has 0 aliphatic carbocycles. The lowest BCUT2D eigenvalue weighted by atomic mass is 10.0. The normalized spacial score (nSPS) is 14.8. The third-order valence-corrected chi connectivity index (χ3v) is 4.42. The summed E-state index contributed by atoms with van der Waals surface area (Å²) >= 11 is 8.03. The molecule has 1 aromatic rings. The molecule has 0 saturated heterocycles. The predicted octanol–water partition coefficient (Wildman–Crippen LogP) is 3.41. The van der Waals surface area contributed by atoms with Gasteiger partial charge in [-0.3, -0.25) is 0 Å². The van der Waals surface area contributed by atoms with Gasteiger partial charge in [0.1, 0.15) is 0 Å². The number of hydrogen-bond donors (Lipinski definition) is 1. The quantitative estimate of drug-likeness (QED) is 0.833. The summed E-state index contributed by atoms with van der Waals surface area (Å²) in [5.41, 5.74) is 7.25. The lowest BCUT2D eigenvalue weighted by Gasteiger charge is -2.25. The zero-order chi connectivity index (χ0) is 13.5. The Balaban J connectivity index is 2.46. The highest BCUT2D eigenvalue weighted by molar-refractivity contribution is 7.98. The third-order valence-electron chi connectivity index (χ3n) is 3.26. The fraction of sp³-hybridized carbons (Fsp3) is 0.571. The van der Waals surface area contributed by atoms with Gasteiger partial charge in [0.25, 0.3) is 0 Å². The number of hydrogen-bond acceptors (Lipinski definition) is 3. The molecule has 0 heterocycles. The largest absolute Gasteiger partial charge is 0.324 e. The molecule has 0 saturated carbocycles. The van der Waals surface area contributed by atoms with Gasteiger partial charge in [-0.1, -0.05) is 29.8 Å². The number of halogens is 1. The highest BCUT2D eigenvalue weighted by Gasteiger charge is 2.13. The maximum absolute atomic E-state index is 6.20. The molecule has 0 amide bonds. The topological polar surface area (TPSA) is 29.3 Å². The Morgan fingerprint density at radius 3 is 2.67 bits per heavy atom. The highest BCUT2D eigenvalue weighted by atomic mass is 35.5. The van der Waals surface area contributed by atoms with E-state index in [2.05, 4.69) is 25.1 Å². The SMILES string of the molecule is CSCC(C)N(C)CCC(N)c1ccccc1Cl. The van der Waals surface area contributed by atoms with E-state index in [4.69, 9.17) is 17.3 Å². The number of nitrogens with zero attached hydrogens (tertiary/aromatic N) is 1. The van der Waals surface area contributed by atoms with Crippen molar-refractivity contribution in [2.75, 3.05) is 25.6 Å². The molecule has 4 heteroatoms. The van der Waals surface area contributed by atoms with Crippen LogP contribution in [0, 0.1) is 0 Å². The van der Waals surface area contributed by atoms with E-state index in [1.807, 2.05) is 36.0 Å². The van der Waals surface area contributed by atoms with Crippen LogP contribution in [0.15, 0.2) is 24.3 Å². The van der Waals surface area contributed by atoms with Gasteiger partial charge in [-0.25, -0.2) is 0 Å². The molecule has 1 rings (SSSR count). The number of rotatable bonds is 7. The Bertz CT molecular complexity index is 359. The summed E-state index contributed by atoms with van der Waals surface area (Å²) in [6.07, 6.45) is 3.07. The van der Waals surface area contributed by atoms with E-state index in [1.54, 1.807) is 0 Å². The summed E-state index contributed by atoms with van der Waals surface area (Å²) in [4.78, 5) is 2.35. The summed E-state index contributed by atoms with van der Waals surface area (Å²) in [6, 6.07) is 8.43. The van der Waals surface area contributed by atoms with Crippen molar-refractivity contribution in [3.63, 3.8) is 0 Å². The lowest BCUT2D eigenvalue weighted by molar-refractivity contribution is 0.267. The summed E-state index contributed by atoms with van der Waals surface area (Å²) in [6.45, 7) is 3.24. The van der Waals surface area contributed by atoms with Gasteiger partial charge in [0.05, 0.1) is 0 Å². The molecular formula is C14H23ClN2S. The van der Waals surface area contributed by atoms with Gasteiger partial charge in [-0.2, -0.15) is 11.8 Å². The monoisotopic (exact) mass is 286 g/mol. The maximum Gasteiger partial charge on any atom is 0.0453 e. The number of benzene rings is 1. The van der Waals surface area contributed by atoms with Crippen molar-refractivity contribution < 1.29 is 0 Å². The summed E-state index contributed by atoms with van der Waals surface area (Å²) in [7, 11) is 2.15. The van der Waals surface area contributed by atoms with Crippen molar-refractivity contribution in [2.45, 2.75) is 25.4 Å². The summed E-state index contributed by atoms with van der Waals surface area (Å²) in [5, 5.41) is 0.768. The molecule has 2 atom stereocenters. The molecule has 1 aromatic carbocycles. The molecule has 2 N–H and O–H groups in total. The smallest absolute Gasteiger partial charge is 0.0453 e. The molecule has 102 valence electrons. The number of thioether (sulfide) groups is 1. The Morgan fingerprint density at radius 2 is 2.06 bits per heavy atom. The van der Waals surface area contributed by atoms with Crippen molar-refractivity contribution >= 4 is 23.4 Å². The molecule has 0 fully saturated rings. The zero-order valence-corrected chi connectivity index (χ0v) is 13.0. The first kappa shape index (κ1) is 15.8. The highest BCUT2D eigenvalue weighted by Crippen LogP contribution is 2.23. The molecule has 0 aromatic heterocycles. The van der Waals surface area contributed by atoms with Gasteiger partial charge in [0, 0.05) is 22.9 Å². The minimum atomic E-state index is 0.0163. The van der Waals surface area contributed by atoms with Gasteiger partial charge in [-0.05, 0) is 44.8 Å². The second-order valence-electron chi connectivity index (χ2n) is 4.70. The standard InChI is InChI=1S/C14H23ClN2S/c1-11(10-18-3)17(2)9-8-14(16)12-6-4-5-7-13(12)15/h4-7,11,14H,8-10,16H2,1-3H3. The Hall–Kier alpha value is -0.220. The van der Waals surface area contributed by atoms with E-state index in [0.29, 0.717) is 6.04 Å². The second-order valence-corrected chi connectivity index (χ2v) is 6.02. The van der Waals surface area contributed by atoms with E-state index < -0.39 is 0 Å². The van der Waals surface area contributed by atoms with Crippen molar-refractivity contribution in [3.05, 3.63) is 34.9 Å². The van der Waals surface area contributed by atoms with Crippen LogP contribution < -0.4 is 5.73 Å². The van der Waals surface area contributed by atoms with Crippen LogP contribution in [0.5, 0.6) is 0 Å². The first-order valence-corrected chi connectivity index (χ1v) is 8.02. The Morgan fingerprint density at radius 1 is 1.39 bits per heavy atom. The van der Waals surface area contributed by atoms with E-state index in [0.717, 1.165) is 29.3 Å². The van der Waals surface area contributed by atoms with Crippen molar-refractivity contribution in [3.8, 4) is 0 Å². The van der Waals surface area contributed by atoms with E-state index in [-0.39, 0.29) is 6.04 Å². The van der Waals surface area contributed by atoms with E-state index >= 15 is 0 Å². The molecular weight excluding hydrogens is 264 g/mol. The third kappa shape index (κ3) is 4.81. The van der Waals surface area contributed by atoms with Crippen LogP contribution in [0.25, 0.3) is 0 Å². The van der Waals surface area contributed by atoms with Gasteiger partial charge >= 0.3 is 0 Å². The fourth-order valence-electron chi connectivity index (χ4n) is 1.86. The summed E-state index contributed by atoms with van der Waals surface area (Å²) in [5.74, 6) is 1.15. The van der Waals surface area contributed by atoms with Crippen LogP contribution in [-0.4, -0.2) is 36.5 Å². The van der Waals surface area contributed by atoms with Crippen LogP contribution in [0.1, 0.15) is 24.9 Å².